The highest BCUT2D eigenvalue weighted by molar-refractivity contribution is 6.21. The van der Waals surface area contributed by atoms with Crippen molar-refractivity contribution in [1.82, 2.24) is 14.8 Å². The Labute approximate surface area is 235 Å². The number of nitrogens with zero attached hydrogens (tertiary/aromatic N) is 2. The lowest BCUT2D eigenvalue weighted by atomic mass is 10.0. The molecule has 0 saturated heterocycles. The first kappa shape index (κ1) is 27.3. The van der Waals surface area contributed by atoms with Crippen LogP contribution in [0.1, 0.15) is 49.5 Å². The van der Waals surface area contributed by atoms with E-state index in [0.29, 0.717) is 35.9 Å². The van der Waals surface area contributed by atoms with E-state index in [2.05, 4.69) is 5.32 Å². The fourth-order valence-electron chi connectivity index (χ4n) is 4.93. The average molecular weight is 553 g/mol. The second kappa shape index (κ2) is 11.9. The van der Waals surface area contributed by atoms with Crippen LogP contribution in [0.25, 0.3) is 10.9 Å². The number of fused-ring (bicyclic) bond motifs is 2. The van der Waals surface area contributed by atoms with Crippen LogP contribution in [0.5, 0.6) is 0 Å². The molecule has 0 saturated carbocycles. The normalized spacial score (nSPS) is 13.2. The smallest absolute Gasteiger partial charge is 0.408 e. The minimum atomic E-state index is -1.62. The summed E-state index contributed by atoms with van der Waals surface area (Å²) < 4.78 is 7.04. The van der Waals surface area contributed by atoms with E-state index in [1.807, 2.05) is 22.8 Å². The van der Waals surface area contributed by atoms with Gasteiger partial charge in [-0.25, -0.2) is 4.79 Å². The Morgan fingerprint density at radius 2 is 1.41 bits per heavy atom. The molecule has 1 aliphatic heterocycles. The number of amides is 4. The summed E-state index contributed by atoms with van der Waals surface area (Å²) in [6.07, 6.45) is 1.85. The molecule has 41 heavy (non-hydrogen) atoms. The van der Waals surface area contributed by atoms with Gasteiger partial charge < -0.3 is 20.4 Å². The second-order valence-electron chi connectivity index (χ2n) is 9.67. The monoisotopic (exact) mass is 552 g/mol. The van der Waals surface area contributed by atoms with Crippen molar-refractivity contribution in [3.05, 3.63) is 107 Å². The van der Waals surface area contributed by atoms with Gasteiger partial charge in [0, 0.05) is 35.8 Å². The number of aromatic nitrogens is 1. The highest BCUT2D eigenvalue weighted by Crippen LogP contribution is 2.25. The third kappa shape index (κ3) is 5.72. The molecule has 3 N–H and O–H groups in total. The van der Waals surface area contributed by atoms with Gasteiger partial charge in [0.15, 0.2) is 11.8 Å². The van der Waals surface area contributed by atoms with E-state index < -0.39 is 23.8 Å². The van der Waals surface area contributed by atoms with E-state index >= 15 is 0 Å². The van der Waals surface area contributed by atoms with E-state index in [0.717, 1.165) is 11.1 Å². The molecule has 2 heterocycles. The van der Waals surface area contributed by atoms with Gasteiger partial charge in [0.25, 0.3) is 11.8 Å². The molecule has 1 aromatic heterocycles. The number of benzene rings is 3. The maximum Gasteiger partial charge on any atom is 0.408 e. The topological polar surface area (TPSA) is 141 Å². The predicted molar refractivity (Wildman–Crippen MR) is 150 cm³/mol. The van der Waals surface area contributed by atoms with Crippen molar-refractivity contribution >= 4 is 40.5 Å². The number of unbranched alkanes of at least 4 members (excludes halogenated alkanes) is 1. The molecule has 208 valence electrons. The van der Waals surface area contributed by atoms with Crippen LogP contribution < -0.4 is 11.1 Å². The van der Waals surface area contributed by atoms with Crippen molar-refractivity contribution in [2.75, 3.05) is 6.54 Å². The zero-order valence-corrected chi connectivity index (χ0v) is 22.1. The van der Waals surface area contributed by atoms with Gasteiger partial charge in [-0.15, -0.1) is 0 Å². The molecule has 3 aromatic carbocycles. The molecule has 10 nitrogen and oxygen atoms in total. The maximum absolute atomic E-state index is 13.4. The SMILES string of the molecule is NC(=O)C(NC(=O)OCc1ccccc1)C(=O)c1cn(CCCCN2C(=O)c3ccccc3C2=O)c2ccccc12. The molecular formula is C31H28N4O6. The molecule has 4 amide bonds. The number of hydrogen-bond acceptors (Lipinski definition) is 6. The zero-order valence-electron chi connectivity index (χ0n) is 22.1. The summed E-state index contributed by atoms with van der Waals surface area (Å²) in [5.74, 6) is -2.26. The molecule has 1 aliphatic rings. The number of ketones is 1. The first-order valence-electron chi connectivity index (χ1n) is 13.2. The molecule has 10 heteroatoms. The molecule has 5 rings (SSSR count). The Kier molecular flexibility index (Phi) is 7.91. The minimum Gasteiger partial charge on any atom is -0.445 e. The van der Waals surface area contributed by atoms with Crippen molar-refractivity contribution in [2.45, 2.75) is 32.0 Å². The lowest BCUT2D eigenvalue weighted by Gasteiger charge is -2.14. The first-order chi connectivity index (χ1) is 19.8. The Balaban J connectivity index is 1.24. The van der Waals surface area contributed by atoms with Crippen molar-refractivity contribution < 1.29 is 28.7 Å². The summed E-state index contributed by atoms with van der Waals surface area (Å²) in [7, 11) is 0. The fraction of sp³-hybridized carbons (Fsp3) is 0.194. The van der Waals surface area contributed by atoms with Crippen molar-refractivity contribution in [3.8, 4) is 0 Å². The van der Waals surface area contributed by atoms with Gasteiger partial charge >= 0.3 is 6.09 Å². The van der Waals surface area contributed by atoms with Crippen LogP contribution >= 0.6 is 0 Å². The van der Waals surface area contributed by atoms with Crippen molar-refractivity contribution in [3.63, 3.8) is 0 Å². The number of carbonyl (C=O) groups is 5. The number of nitrogens with two attached hydrogens (primary N) is 1. The number of hydrogen-bond donors (Lipinski definition) is 2. The Morgan fingerprint density at radius 1 is 0.805 bits per heavy atom. The number of imide groups is 1. The predicted octanol–water partition coefficient (Wildman–Crippen LogP) is 3.68. The van der Waals surface area contributed by atoms with E-state index in [9.17, 15) is 24.0 Å². The van der Waals surface area contributed by atoms with Crippen LogP contribution in [0.15, 0.2) is 85.1 Å². The number of primary amides is 1. The molecule has 0 radical (unpaired) electrons. The zero-order chi connectivity index (χ0) is 28.9. The number of carbonyl (C=O) groups excluding carboxylic acids is 5. The van der Waals surface area contributed by atoms with Gasteiger partial charge in [-0.1, -0.05) is 60.7 Å². The summed E-state index contributed by atoms with van der Waals surface area (Å²) in [4.78, 5) is 64.5. The van der Waals surface area contributed by atoms with Crippen LogP contribution in [-0.2, 0) is 22.7 Å². The molecule has 0 aliphatic carbocycles. The Morgan fingerprint density at radius 3 is 2.10 bits per heavy atom. The second-order valence-corrected chi connectivity index (χ2v) is 9.67. The molecule has 0 bridgehead atoms. The quantitative estimate of drug-likeness (QED) is 0.126. The Hall–Kier alpha value is -5.25. The van der Waals surface area contributed by atoms with Gasteiger partial charge in [-0.2, -0.15) is 0 Å². The number of alkyl carbamates (subject to hydrolysis) is 1. The first-order valence-corrected chi connectivity index (χ1v) is 13.2. The van der Waals surface area contributed by atoms with E-state index in [1.54, 1.807) is 66.9 Å². The molecule has 0 fully saturated rings. The molecular weight excluding hydrogens is 524 g/mol. The van der Waals surface area contributed by atoms with Crippen LogP contribution in [0.4, 0.5) is 4.79 Å². The number of ether oxygens (including phenoxy) is 1. The maximum atomic E-state index is 13.4. The summed E-state index contributed by atoms with van der Waals surface area (Å²) in [6.45, 7) is 0.729. The number of para-hydroxylation sites is 1. The fourth-order valence-corrected chi connectivity index (χ4v) is 4.93. The number of nitrogens with one attached hydrogen (secondary N) is 1. The van der Waals surface area contributed by atoms with E-state index in [-0.39, 0.29) is 30.5 Å². The summed E-state index contributed by atoms with van der Waals surface area (Å²) >= 11 is 0. The standard InChI is InChI=1S/C31H28N4O6/c32-28(37)26(33-31(40)41-19-20-10-2-1-3-11-20)27(36)24-18-34(25-15-7-6-12-21(24)25)16-8-9-17-35-29(38)22-13-4-5-14-23(22)30(35)39/h1-7,10-15,18,26H,8-9,16-17,19H2,(H2,32,37)(H,33,40). The number of aryl methyl sites for hydroxylation is 1. The molecule has 1 unspecified atom stereocenters. The number of rotatable bonds is 11. The third-order valence-corrected chi connectivity index (χ3v) is 6.98. The van der Waals surface area contributed by atoms with Gasteiger partial charge in [-0.3, -0.25) is 24.1 Å². The average Bonchev–Trinajstić information content (AvgIpc) is 3.48. The van der Waals surface area contributed by atoms with E-state index in [1.165, 1.54) is 4.90 Å². The molecule has 0 spiro atoms. The van der Waals surface area contributed by atoms with E-state index in [4.69, 9.17) is 10.5 Å². The van der Waals surface area contributed by atoms with Crippen molar-refractivity contribution in [2.24, 2.45) is 5.73 Å². The lowest BCUT2D eigenvalue weighted by Crippen LogP contribution is -2.49. The Bertz CT molecular complexity index is 1610. The van der Waals surface area contributed by atoms with Crippen LogP contribution in [0.2, 0.25) is 0 Å². The van der Waals surface area contributed by atoms with Gasteiger partial charge in [0.1, 0.15) is 6.61 Å². The van der Waals surface area contributed by atoms with Crippen LogP contribution in [0.3, 0.4) is 0 Å². The van der Waals surface area contributed by atoms with Gasteiger partial charge in [-0.05, 0) is 36.6 Å². The summed E-state index contributed by atoms with van der Waals surface area (Å²) in [5.41, 5.74) is 8.06. The lowest BCUT2D eigenvalue weighted by molar-refractivity contribution is -0.118. The number of Topliss-reactive ketones (excluding diaryl/α,β-unsaturated/α-hetero) is 1. The van der Waals surface area contributed by atoms with Crippen molar-refractivity contribution in [1.29, 1.82) is 0 Å². The van der Waals surface area contributed by atoms with Crippen LogP contribution in [-0.4, -0.2) is 51.7 Å². The van der Waals surface area contributed by atoms with Crippen LogP contribution in [0, 0.1) is 0 Å². The summed E-state index contributed by atoms with van der Waals surface area (Å²) in [6, 6.07) is 21.3. The highest BCUT2D eigenvalue weighted by atomic mass is 16.5. The largest absolute Gasteiger partial charge is 0.445 e. The molecule has 1 atom stereocenters. The minimum absolute atomic E-state index is 0.0354. The highest BCUT2D eigenvalue weighted by Gasteiger charge is 2.34. The van der Waals surface area contributed by atoms with Gasteiger partial charge in [0.05, 0.1) is 11.1 Å². The third-order valence-electron chi connectivity index (χ3n) is 6.98. The summed E-state index contributed by atoms with van der Waals surface area (Å²) in [5, 5.41) is 2.89. The van der Waals surface area contributed by atoms with Gasteiger partial charge in [0.2, 0.25) is 5.91 Å². The molecule has 4 aromatic rings.